The predicted octanol–water partition coefficient (Wildman–Crippen LogP) is 4.42. The van der Waals surface area contributed by atoms with Crippen molar-refractivity contribution in [3.8, 4) is 11.1 Å². The molecule has 0 amide bonds. The molecule has 0 radical (unpaired) electrons. The maximum absolute atomic E-state index is 13.4. The molecule has 3 aromatic heterocycles. The number of nitrogens with zero attached hydrogens (tertiary/aromatic N) is 4. The molecule has 1 saturated carbocycles. The minimum absolute atomic E-state index is 0.0429. The van der Waals surface area contributed by atoms with E-state index in [0.29, 0.717) is 12.8 Å². The summed E-state index contributed by atoms with van der Waals surface area (Å²) in [6.07, 6.45) is 8.38. The lowest BCUT2D eigenvalue weighted by atomic mass is 9.82. The molecule has 1 fully saturated rings. The zero-order valence-corrected chi connectivity index (χ0v) is 14.2. The fraction of sp³-hybridized carbons (Fsp3) is 0.412. The van der Waals surface area contributed by atoms with Gasteiger partial charge >= 0.3 is 0 Å². The van der Waals surface area contributed by atoms with Crippen LogP contribution in [-0.4, -0.2) is 24.7 Å². The minimum atomic E-state index is -2.51. The zero-order valence-electron chi connectivity index (χ0n) is 13.3. The zero-order chi connectivity index (χ0) is 16.9. The molecule has 0 spiro atoms. The van der Waals surface area contributed by atoms with Gasteiger partial charge in [-0.05, 0) is 30.4 Å². The van der Waals surface area contributed by atoms with Gasteiger partial charge < -0.3 is 0 Å². The van der Waals surface area contributed by atoms with Crippen molar-refractivity contribution in [1.29, 1.82) is 0 Å². The van der Waals surface area contributed by atoms with Crippen LogP contribution in [0.15, 0.2) is 30.9 Å². The molecule has 24 heavy (non-hydrogen) atoms. The Morgan fingerprint density at radius 1 is 1.21 bits per heavy atom. The molecule has 3 aromatic rings. The molecule has 0 bridgehead atoms. The third-order valence-electron chi connectivity index (χ3n) is 4.85. The van der Waals surface area contributed by atoms with E-state index in [-0.39, 0.29) is 18.8 Å². The molecule has 0 aliphatic heterocycles. The van der Waals surface area contributed by atoms with Crippen molar-refractivity contribution in [2.75, 3.05) is 0 Å². The van der Waals surface area contributed by atoms with Gasteiger partial charge in [-0.15, -0.1) is 0 Å². The van der Waals surface area contributed by atoms with E-state index in [0.717, 1.165) is 27.7 Å². The van der Waals surface area contributed by atoms with Crippen molar-refractivity contribution >= 4 is 23.8 Å². The summed E-state index contributed by atoms with van der Waals surface area (Å²) in [5.74, 6) is -2.37. The number of aromatic nitrogens is 4. The van der Waals surface area contributed by atoms with Crippen molar-refractivity contribution in [2.45, 2.75) is 37.5 Å². The second kappa shape index (κ2) is 5.58. The quantitative estimate of drug-likeness (QED) is 0.696. The summed E-state index contributed by atoms with van der Waals surface area (Å²) in [5, 5.41) is 5.20. The van der Waals surface area contributed by atoms with Crippen LogP contribution in [0.4, 0.5) is 8.78 Å². The average molecular weight is 348 g/mol. The van der Waals surface area contributed by atoms with Crippen LogP contribution >= 0.6 is 12.8 Å². The van der Waals surface area contributed by atoms with E-state index in [2.05, 4.69) is 29.0 Å². The molecule has 4 rings (SSSR count). The number of fused-ring (bicyclic) bond motifs is 1. The van der Waals surface area contributed by atoms with Crippen LogP contribution in [0, 0.1) is 0 Å². The van der Waals surface area contributed by atoms with Gasteiger partial charge in [-0.1, -0.05) is 12.8 Å². The van der Waals surface area contributed by atoms with Crippen molar-refractivity contribution < 1.29 is 8.78 Å². The molecule has 0 unspecified atom stereocenters. The van der Waals surface area contributed by atoms with E-state index in [1.54, 1.807) is 21.0 Å². The number of thiol groups is 1. The van der Waals surface area contributed by atoms with Crippen LogP contribution in [0.1, 0.15) is 37.2 Å². The van der Waals surface area contributed by atoms with Crippen LogP contribution in [-0.2, 0) is 7.05 Å². The number of aryl methyl sites for hydroxylation is 1. The molecule has 0 saturated heterocycles. The fourth-order valence-electron chi connectivity index (χ4n) is 3.49. The Bertz CT molecular complexity index is 889. The van der Waals surface area contributed by atoms with Gasteiger partial charge in [0.05, 0.1) is 6.20 Å². The summed E-state index contributed by atoms with van der Waals surface area (Å²) in [5.41, 5.74) is 3.79. The van der Waals surface area contributed by atoms with E-state index >= 15 is 0 Å². The lowest BCUT2D eigenvalue weighted by molar-refractivity contribution is -0.0382. The SMILES string of the molecule is Cn1cc(-c2cn(S)c3ncc(C4CCC(F)(F)CC4)cc23)cn1. The van der Waals surface area contributed by atoms with Crippen LogP contribution in [0.25, 0.3) is 22.2 Å². The summed E-state index contributed by atoms with van der Waals surface area (Å²) in [7, 11) is 1.87. The van der Waals surface area contributed by atoms with Gasteiger partial charge in [-0.2, -0.15) is 5.10 Å². The maximum Gasteiger partial charge on any atom is 0.248 e. The second-order valence-electron chi connectivity index (χ2n) is 6.56. The Kier molecular flexibility index (Phi) is 3.63. The van der Waals surface area contributed by atoms with Gasteiger partial charge in [-0.3, -0.25) is 8.65 Å². The van der Waals surface area contributed by atoms with Crippen molar-refractivity contribution in [2.24, 2.45) is 7.05 Å². The highest BCUT2D eigenvalue weighted by molar-refractivity contribution is 7.78. The third kappa shape index (κ3) is 2.70. The van der Waals surface area contributed by atoms with E-state index in [9.17, 15) is 8.78 Å². The van der Waals surface area contributed by atoms with Crippen LogP contribution in [0.3, 0.4) is 0 Å². The Balaban J connectivity index is 1.75. The van der Waals surface area contributed by atoms with Gasteiger partial charge in [0.25, 0.3) is 0 Å². The van der Waals surface area contributed by atoms with Crippen LogP contribution in [0.5, 0.6) is 0 Å². The number of pyridine rings is 1. The Morgan fingerprint density at radius 2 is 1.96 bits per heavy atom. The highest BCUT2D eigenvalue weighted by atomic mass is 32.1. The molecule has 3 heterocycles. The van der Waals surface area contributed by atoms with Gasteiger partial charge in [0.2, 0.25) is 5.92 Å². The molecule has 0 aromatic carbocycles. The van der Waals surface area contributed by atoms with E-state index in [4.69, 9.17) is 0 Å². The van der Waals surface area contributed by atoms with Crippen molar-refractivity contribution in [3.05, 3.63) is 36.4 Å². The molecule has 126 valence electrons. The summed E-state index contributed by atoms with van der Waals surface area (Å²) in [4.78, 5) is 4.52. The third-order valence-corrected chi connectivity index (χ3v) is 5.16. The first kappa shape index (κ1) is 15.6. The summed E-state index contributed by atoms with van der Waals surface area (Å²) >= 11 is 4.44. The van der Waals surface area contributed by atoms with Crippen LogP contribution < -0.4 is 0 Å². The topological polar surface area (TPSA) is 35.6 Å². The monoisotopic (exact) mass is 348 g/mol. The first-order chi connectivity index (χ1) is 11.4. The summed E-state index contributed by atoms with van der Waals surface area (Å²) in [6, 6.07) is 2.07. The average Bonchev–Trinajstić information content (AvgIpc) is 3.11. The first-order valence-electron chi connectivity index (χ1n) is 8.00. The van der Waals surface area contributed by atoms with Crippen molar-refractivity contribution in [1.82, 2.24) is 18.7 Å². The highest BCUT2D eigenvalue weighted by Crippen LogP contribution is 2.42. The Morgan fingerprint density at radius 3 is 2.62 bits per heavy atom. The van der Waals surface area contributed by atoms with E-state index in [1.807, 2.05) is 19.4 Å². The maximum atomic E-state index is 13.4. The number of rotatable bonds is 2. The van der Waals surface area contributed by atoms with Gasteiger partial charge in [0.15, 0.2) is 0 Å². The molecule has 0 atom stereocenters. The number of hydrogen-bond donors (Lipinski definition) is 1. The van der Waals surface area contributed by atoms with Gasteiger partial charge in [0, 0.05) is 55.0 Å². The second-order valence-corrected chi connectivity index (χ2v) is 6.99. The normalized spacial score (nSPS) is 18.3. The lowest BCUT2D eigenvalue weighted by Crippen LogP contribution is -2.23. The fourth-order valence-corrected chi connectivity index (χ4v) is 3.77. The van der Waals surface area contributed by atoms with Gasteiger partial charge in [0.1, 0.15) is 5.65 Å². The largest absolute Gasteiger partial charge is 0.277 e. The van der Waals surface area contributed by atoms with E-state index in [1.165, 1.54) is 0 Å². The molecule has 7 heteroatoms. The minimum Gasteiger partial charge on any atom is -0.277 e. The predicted molar refractivity (Wildman–Crippen MR) is 92.5 cm³/mol. The number of alkyl halides is 2. The Labute approximate surface area is 144 Å². The number of hydrogen-bond acceptors (Lipinski definition) is 3. The lowest BCUT2D eigenvalue weighted by Gasteiger charge is -2.28. The molecular formula is C17H18F2N4S. The highest BCUT2D eigenvalue weighted by Gasteiger charge is 2.35. The molecule has 4 nitrogen and oxygen atoms in total. The van der Waals surface area contributed by atoms with Gasteiger partial charge in [-0.25, -0.2) is 13.8 Å². The molecule has 1 aliphatic carbocycles. The Hall–Kier alpha value is -1.89. The summed E-state index contributed by atoms with van der Waals surface area (Å²) < 4.78 is 30.2. The van der Waals surface area contributed by atoms with E-state index < -0.39 is 5.92 Å². The smallest absolute Gasteiger partial charge is 0.248 e. The standard InChI is InChI=1S/C17H18F2N4S/c1-22-9-13(8-21-22)15-10-23(24)16-14(15)6-12(7-20-16)11-2-4-17(18,19)5-3-11/h6-11,24H,2-5H2,1H3. The molecule has 0 N–H and O–H groups in total. The van der Waals surface area contributed by atoms with Crippen LogP contribution in [0.2, 0.25) is 0 Å². The molecular weight excluding hydrogens is 330 g/mol. The van der Waals surface area contributed by atoms with Crippen molar-refractivity contribution in [3.63, 3.8) is 0 Å². The molecule has 1 aliphatic rings. The summed E-state index contributed by atoms with van der Waals surface area (Å²) in [6.45, 7) is 0. The number of halogens is 2. The first-order valence-corrected chi connectivity index (χ1v) is 8.40.